The molecule has 2 N–H and O–H groups in total. The molecule has 22 heavy (non-hydrogen) atoms. The summed E-state index contributed by atoms with van der Waals surface area (Å²) in [4.78, 5) is 14.5. The van der Waals surface area contributed by atoms with E-state index in [4.69, 9.17) is 0 Å². The molecular formula is C16H25N3O2S. The average molecular weight is 323 g/mol. The lowest BCUT2D eigenvalue weighted by Crippen LogP contribution is -2.41. The number of carbonyl (C=O) groups excluding carboxylic acids is 1. The second-order valence-electron chi connectivity index (χ2n) is 5.68. The topological polar surface area (TPSA) is 61.4 Å². The third kappa shape index (κ3) is 4.30. The van der Waals surface area contributed by atoms with Crippen molar-refractivity contribution in [3.63, 3.8) is 0 Å². The molecule has 0 spiro atoms. The number of benzene rings is 1. The second kappa shape index (κ2) is 7.74. The predicted octanol–water partition coefficient (Wildman–Crippen LogP) is 1.88. The maximum absolute atomic E-state index is 11.8. The fourth-order valence-electron chi connectivity index (χ4n) is 2.74. The van der Waals surface area contributed by atoms with E-state index in [1.54, 1.807) is 6.26 Å². The van der Waals surface area contributed by atoms with E-state index in [1.165, 1.54) is 5.56 Å². The van der Waals surface area contributed by atoms with Crippen molar-refractivity contribution >= 4 is 16.8 Å². The first-order valence-electron chi connectivity index (χ1n) is 7.73. The zero-order chi connectivity index (χ0) is 16.1. The van der Waals surface area contributed by atoms with Gasteiger partial charge >= 0.3 is 6.03 Å². The Labute approximate surface area is 134 Å². The van der Waals surface area contributed by atoms with E-state index < -0.39 is 10.8 Å². The Morgan fingerprint density at radius 2 is 2.09 bits per heavy atom. The second-order valence-corrected chi connectivity index (χ2v) is 7.06. The van der Waals surface area contributed by atoms with Gasteiger partial charge in [0.05, 0.1) is 0 Å². The van der Waals surface area contributed by atoms with Gasteiger partial charge in [-0.1, -0.05) is 12.1 Å². The van der Waals surface area contributed by atoms with Crippen LogP contribution >= 0.6 is 0 Å². The van der Waals surface area contributed by atoms with Crippen LogP contribution in [0.4, 0.5) is 4.79 Å². The Morgan fingerprint density at radius 3 is 2.68 bits per heavy atom. The van der Waals surface area contributed by atoms with Crippen LogP contribution in [0.15, 0.2) is 29.2 Å². The summed E-state index contributed by atoms with van der Waals surface area (Å²) < 4.78 is 11.4. The molecule has 0 bridgehead atoms. The van der Waals surface area contributed by atoms with Crippen LogP contribution < -0.4 is 10.6 Å². The van der Waals surface area contributed by atoms with Crippen LogP contribution in [0.1, 0.15) is 31.9 Å². The van der Waals surface area contributed by atoms with E-state index in [0.29, 0.717) is 12.6 Å². The molecule has 6 heteroatoms. The molecule has 1 saturated heterocycles. The molecule has 1 aromatic carbocycles. The highest BCUT2D eigenvalue weighted by Crippen LogP contribution is 2.18. The van der Waals surface area contributed by atoms with Crippen LogP contribution in [0.5, 0.6) is 0 Å². The molecule has 0 aliphatic carbocycles. The summed E-state index contributed by atoms with van der Waals surface area (Å²) in [6.45, 7) is 6.25. The number of amides is 2. The maximum Gasteiger partial charge on any atom is 0.317 e. The predicted molar refractivity (Wildman–Crippen MR) is 89.4 cm³/mol. The van der Waals surface area contributed by atoms with Crippen molar-refractivity contribution in [3.05, 3.63) is 29.8 Å². The Kier molecular flexibility index (Phi) is 5.97. The highest BCUT2D eigenvalue weighted by atomic mass is 32.2. The highest BCUT2D eigenvalue weighted by molar-refractivity contribution is 7.84. The molecule has 2 rings (SSSR count). The summed E-state index contributed by atoms with van der Waals surface area (Å²) in [5.41, 5.74) is 1.17. The number of hydrogen-bond acceptors (Lipinski definition) is 3. The third-order valence-corrected chi connectivity index (χ3v) is 4.94. The molecule has 1 aliphatic heterocycles. The third-order valence-electron chi connectivity index (χ3n) is 4.00. The van der Waals surface area contributed by atoms with Gasteiger partial charge in [0, 0.05) is 53.7 Å². The van der Waals surface area contributed by atoms with Crippen LogP contribution in [0.3, 0.4) is 0 Å². The van der Waals surface area contributed by atoms with Gasteiger partial charge in [-0.25, -0.2) is 4.79 Å². The smallest absolute Gasteiger partial charge is 0.317 e. The molecular weight excluding hydrogens is 298 g/mol. The van der Waals surface area contributed by atoms with Crippen molar-refractivity contribution in [1.29, 1.82) is 0 Å². The average Bonchev–Trinajstić information content (AvgIpc) is 2.96. The molecule has 1 heterocycles. The zero-order valence-corrected chi connectivity index (χ0v) is 14.3. The van der Waals surface area contributed by atoms with Crippen molar-refractivity contribution in [2.24, 2.45) is 0 Å². The molecule has 3 unspecified atom stereocenters. The van der Waals surface area contributed by atoms with Gasteiger partial charge in [-0.3, -0.25) is 4.21 Å². The lowest BCUT2D eigenvalue weighted by Gasteiger charge is -2.21. The molecule has 1 aliphatic rings. The van der Waals surface area contributed by atoms with Gasteiger partial charge < -0.3 is 15.5 Å². The van der Waals surface area contributed by atoms with E-state index >= 15 is 0 Å². The number of nitrogens with one attached hydrogen (secondary N) is 2. The number of urea groups is 1. The molecule has 0 aromatic heterocycles. The normalized spacial score (nSPS) is 20.7. The van der Waals surface area contributed by atoms with Crippen LogP contribution in [-0.2, 0) is 10.8 Å². The first kappa shape index (κ1) is 17.0. The van der Waals surface area contributed by atoms with Gasteiger partial charge in [-0.15, -0.1) is 0 Å². The molecule has 3 atom stereocenters. The van der Waals surface area contributed by atoms with Crippen molar-refractivity contribution in [3.8, 4) is 0 Å². The number of hydrogen-bond donors (Lipinski definition) is 2. The molecule has 0 saturated carbocycles. The molecule has 0 radical (unpaired) electrons. The molecule has 2 amide bonds. The van der Waals surface area contributed by atoms with E-state index in [0.717, 1.165) is 24.4 Å². The van der Waals surface area contributed by atoms with Crippen molar-refractivity contribution < 1.29 is 9.00 Å². The minimum Gasteiger partial charge on any atom is -0.338 e. The monoisotopic (exact) mass is 323 g/mol. The number of carbonyl (C=O) groups is 1. The summed E-state index contributed by atoms with van der Waals surface area (Å²) in [7, 11) is -0.938. The van der Waals surface area contributed by atoms with Gasteiger partial charge in [-0.05, 0) is 38.0 Å². The summed E-state index contributed by atoms with van der Waals surface area (Å²) in [5, 5.41) is 6.41. The highest BCUT2D eigenvalue weighted by Gasteiger charge is 2.26. The van der Waals surface area contributed by atoms with Gasteiger partial charge in [0.1, 0.15) is 0 Å². The standard InChI is InChI=1S/C16H25N3O2S/c1-4-17-16(20)19-10-9-14(11-19)18-12(2)13-5-7-15(8-6-13)22(3)21/h5-8,12,14,18H,4,9-11H2,1-3H3,(H,17,20). The fourth-order valence-corrected chi connectivity index (χ4v) is 3.26. The summed E-state index contributed by atoms with van der Waals surface area (Å²) in [6.07, 6.45) is 2.66. The molecule has 1 fully saturated rings. The van der Waals surface area contributed by atoms with Crippen LogP contribution in [0, 0.1) is 0 Å². The number of likely N-dealkylation sites (tertiary alicyclic amines) is 1. The van der Waals surface area contributed by atoms with Crippen LogP contribution in [0.2, 0.25) is 0 Å². The fraction of sp³-hybridized carbons (Fsp3) is 0.562. The van der Waals surface area contributed by atoms with Crippen molar-refractivity contribution in [2.45, 2.75) is 37.2 Å². The largest absolute Gasteiger partial charge is 0.338 e. The number of rotatable bonds is 5. The SMILES string of the molecule is CCNC(=O)N1CCC(NC(C)c2ccc(S(C)=O)cc2)C1. The summed E-state index contributed by atoms with van der Waals surface area (Å²) >= 11 is 0. The van der Waals surface area contributed by atoms with Crippen molar-refractivity contribution in [1.82, 2.24) is 15.5 Å². The maximum atomic E-state index is 11.8. The van der Waals surface area contributed by atoms with Crippen LogP contribution in [0.25, 0.3) is 0 Å². The van der Waals surface area contributed by atoms with E-state index in [-0.39, 0.29) is 12.1 Å². The first-order chi connectivity index (χ1) is 10.5. The van der Waals surface area contributed by atoms with Gasteiger partial charge in [0.15, 0.2) is 0 Å². The zero-order valence-electron chi connectivity index (χ0n) is 13.5. The van der Waals surface area contributed by atoms with E-state index in [1.807, 2.05) is 36.1 Å². The van der Waals surface area contributed by atoms with Crippen molar-refractivity contribution in [2.75, 3.05) is 25.9 Å². The Hall–Kier alpha value is -1.40. The van der Waals surface area contributed by atoms with Gasteiger partial charge in [0.25, 0.3) is 0 Å². The molecule has 122 valence electrons. The lowest BCUT2D eigenvalue weighted by molar-refractivity contribution is 0.208. The lowest BCUT2D eigenvalue weighted by atomic mass is 10.1. The summed E-state index contributed by atoms with van der Waals surface area (Å²) in [5.74, 6) is 0. The Bertz CT molecular complexity index is 533. The minimum absolute atomic E-state index is 0.0224. The first-order valence-corrected chi connectivity index (χ1v) is 9.29. The number of nitrogens with zero attached hydrogens (tertiary/aromatic N) is 1. The Balaban J connectivity index is 1.88. The quantitative estimate of drug-likeness (QED) is 0.870. The minimum atomic E-state index is -0.938. The van der Waals surface area contributed by atoms with Crippen LogP contribution in [-0.4, -0.2) is 47.1 Å². The van der Waals surface area contributed by atoms with Gasteiger partial charge in [-0.2, -0.15) is 0 Å². The van der Waals surface area contributed by atoms with E-state index in [9.17, 15) is 9.00 Å². The van der Waals surface area contributed by atoms with Gasteiger partial charge in [0.2, 0.25) is 0 Å². The van der Waals surface area contributed by atoms with E-state index in [2.05, 4.69) is 17.6 Å². The summed E-state index contributed by atoms with van der Waals surface area (Å²) in [6, 6.07) is 8.42. The Morgan fingerprint density at radius 1 is 1.41 bits per heavy atom. The molecule has 1 aromatic rings. The molecule has 5 nitrogen and oxygen atoms in total.